The topological polar surface area (TPSA) is 68.3 Å². The highest BCUT2D eigenvalue weighted by Crippen LogP contribution is 2.42. The van der Waals surface area contributed by atoms with Crippen molar-refractivity contribution in [2.45, 2.75) is 32.1 Å². The third-order valence-electron chi connectivity index (χ3n) is 4.20. The van der Waals surface area contributed by atoms with Crippen LogP contribution in [-0.2, 0) is 14.3 Å². The quantitative estimate of drug-likeness (QED) is 0.848. The van der Waals surface area contributed by atoms with Gasteiger partial charge in [-0.15, -0.1) is 0 Å². The SMILES string of the molecule is COC(=O)C1=C(C)NC2=C(C(=O)CCC2)[C@H]1c1cccnc1. The van der Waals surface area contributed by atoms with Crippen LogP contribution >= 0.6 is 0 Å². The number of nitrogens with zero attached hydrogens (tertiary/aromatic N) is 1. The molecule has 0 aromatic carbocycles. The van der Waals surface area contributed by atoms with Gasteiger partial charge >= 0.3 is 5.97 Å². The third kappa shape index (κ3) is 2.32. The molecule has 3 rings (SSSR count). The molecule has 5 heteroatoms. The fourth-order valence-corrected chi connectivity index (χ4v) is 3.24. The van der Waals surface area contributed by atoms with Crippen LogP contribution in [0.25, 0.3) is 0 Å². The zero-order valence-electron chi connectivity index (χ0n) is 12.7. The normalized spacial score (nSPS) is 21.4. The average molecular weight is 298 g/mol. The number of carbonyl (C=O) groups excluding carboxylic acids is 2. The Morgan fingerprint density at radius 2 is 2.23 bits per heavy atom. The number of hydrogen-bond acceptors (Lipinski definition) is 5. The maximum absolute atomic E-state index is 12.5. The van der Waals surface area contributed by atoms with E-state index in [0.717, 1.165) is 29.8 Å². The highest BCUT2D eigenvalue weighted by atomic mass is 16.5. The standard InChI is InChI=1S/C17H18N2O3/c1-10-14(17(21)22-2)15(11-5-4-8-18-9-11)16-12(19-10)6-3-7-13(16)20/h4-5,8-9,15,19H,3,6-7H2,1-2H3/t15-/m0/s1. The van der Waals surface area contributed by atoms with Crippen LogP contribution in [0, 0.1) is 0 Å². The second kappa shape index (κ2) is 5.75. The summed E-state index contributed by atoms with van der Waals surface area (Å²) in [6, 6.07) is 3.71. The number of ether oxygens (including phenoxy) is 1. The molecule has 1 aromatic heterocycles. The highest BCUT2D eigenvalue weighted by molar-refractivity contribution is 6.03. The first-order valence-electron chi connectivity index (χ1n) is 7.35. The number of methoxy groups -OCH3 is 1. The number of allylic oxidation sites excluding steroid dienone is 3. The van der Waals surface area contributed by atoms with E-state index >= 15 is 0 Å². The summed E-state index contributed by atoms with van der Waals surface area (Å²) in [6.07, 6.45) is 5.56. The number of rotatable bonds is 2. The van der Waals surface area contributed by atoms with Gasteiger partial charge in [0.05, 0.1) is 12.7 Å². The van der Waals surface area contributed by atoms with Crippen molar-refractivity contribution in [2.24, 2.45) is 0 Å². The minimum Gasteiger partial charge on any atom is -0.466 e. The smallest absolute Gasteiger partial charge is 0.336 e. The summed E-state index contributed by atoms with van der Waals surface area (Å²) in [5, 5.41) is 3.23. The van der Waals surface area contributed by atoms with Crippen LogP contribution in [0.5, 0.6) is 0 Å². The number of Topliss-reactive ketones (excluding diaryl/α,β-unsaturated/α-hetero) is 1. The molecule has 1 aromatic rings. The summed E-state index contributed by atoms with van der Waals surface area (Å²) < 4.78 is 4.94. The molecule has 1 aliphatic heterocycles. The number of pyridine rings is 1. The van der Waals surface area contributed by atoms with E-state index in [2.05, 4.69) is 10.3 Å². The predicted molar refractivity (Wildman–Crippen MR) is 80.7 cm³/mol. The summed E-state index contributed by atoms with van der Waals surface area (Å²) in [5.74, 6) is -0.717. The number of aromatic nitrogens is 1. The van der Waals surface area contributed by atoms with Crippen LogP contribution in [0.15, 0.2) is 47.1 Å². The minimum absolute atomic E-state index is 0.0940. The van der Waals surface area contributed by atoms with E-state index in [0.29, 0.717) is 17.6 Å². The van der Waals surface area contributed by atoms with Crippen molar-refractivity contribution >= 4 is 11.8 Å². The van der Waals surface area contributed by atoms with E-state index in [9.17, 15) is 9.59 Å². The first-order chi connectivity index (χ1) is 10.6. The number of nitrogens with one attached hydrogen (secondary N) is 1. The monoisotopic (exact) mass is 298 g/mol. The van der Waals surface area contributed by atoms with Crippen LogP contribution in [-0.4, -0.2) is 23.8 Å². The van der Waals surface area contributed by atoms with E-state index in [1.807, 2.05) is 19.1 Å². The molecular formula is C17H18N2O3. The third-order valence-corrected chi connectivity index (χ3v) is 4.20. The molecule has 1 N–H and O–H groups in total. The van der Waals surface area contributed by atoms with Gasteiger partial charge in [-0.2, -0.15) is 0 Å². The molecule has 0 fully saturated rings. The second-order valence-electron chi connectivity index (χ2n) is 5.54. The summed E-state index contributed by atoms with van der Waals surface area (Å²) >= 11 is 0. The Labute approximate surface area is 129 Å². The predicted octanol–water partition coefficient (Wildman–Crippen LogP) is 2.22. The Bertz CT molecular complexity index is 689. The van der Waals surface area contributed by atoms with Gasteiger partial charge in [0, 0.05) is 41.7 Å². The van der Waals surface area contributed by atoms with Gasteiger partial charge in [0.15, 0.2) is 5.78 Å². The maximum Gasteiger partial charge on any atom is 0.336 e. The lowest BCUT2D eigenvalue weighted by atomic mass is 9.75. The van der Waals surface area contributed by atoms with Crippen LogP contribution < -0.4 is 5.32 Å². The number of ketones is 1. The van der Waals surface area contributed by atoms with Crippen LogP contribution in [0.4, 0.5) is 0 Å². The Balaban J connectivity index is 2.18. The van der Waals surface area contributed by atoms with Crippen molar-refractivity contribution in [1.82, 2.24) is 10.3 Å². The van der Waals surface area contributed by atoms with Crippen molar-refractivity contribution in [1.29, 1.82) is 0 Å². The minimum atomic E-state index is -0.413. The Morgan fingerprint density at radius 1 is 1.41 bits per heavy atom. The van der Waals surface area contributed by atoms with E-state index in [1.165, 1.54) is 7.11 Å². The summed E-state index contributed by atoms with van der Waals surface area (Å²) in [5.41, 5.74) is 3.69. The first kappa shape index (κ1) is 14.5. The lowest BCUT2D eigenvalue weighted by Crippen LogP contribution is -2.34. The second-order valence-corrected chi connectivity index (χ2v) is 5.54. The number of esters is 1. The van der Waals surface area contributed by atoms with Gasteiger partial charge in [-0.05, 0) is 31.4 Å². The highest BCUT2D eigenvalue weighted by Gasteiger charge is 2.38. The lowest BCUT2D eigenvalue weighted by Gasteiger charge is -2.33. The van der Waals surface area contributed by atoms with Gasteiger partial charge in [0.1, 0.15) is 0 Å². The molecule has 1 atom stereocenters. The van der Waals surface area contributed by atoms with Crippen molar-refractivity contribution in [3.05, 3.63) is 52.6 Å². The van der Waals surface area contributed by atoms with Crippen molar-refractivity contribution in [3.63, 3.8) is 0 Å². The molecule has 2 aliphatic rings. The fourth-order valence-electron chi connectivity index (χ4n) is 3.24. The zero-order chi connectivity index (χ0) is 15.7. The molecule has 22 heavy (non-hydrogen) atoms. The molecule has 0 unspecified atom stereocenters. The van der Waals surface area contributed by atoms with Gasteiger partial charge in [0.2, 0.25) is 0 Å². The first-order valence-corrected chi connectivity index (χ1v) is 7.35. The van der Waals surface area contributed by atoms with Crippen molar-refractivity contribution < 1.29 is 14.3 Å². The van der Waals surface area contributed by atoms with Gasteiger partial charge in [-0.3, -0.25) is 9.78 Å². The molecular weight excluding hydrogens is 280 g/mol. The van der Waals surface area contributed by atoms with Crippen LogP contribution in [0.2, 0.25) is 0 Å². The van der Waals surface area contributed by atoms with E-state index in [1.54, 1.807) is 12.4 Å². The Morgan fingerprint density at radius 3 is 2.91 bits per heavy atom. The molecule has 0 spiro atoms. The van der Waals surface area contributed by atoms with E-state index < -0.39 is 11.9 Å². The maximum atomic E-state index is 12.5. The largest absolute Gasteiger partial charge is 0.466 e. The Hall–Kier alpha value is -2.43. The summed E-state index contributed by atoms with van der Waals surface area (Å²) in [6.45, 7) is 1.85. The summed E-state index contributed by atoms with van der Waals surface area (Å²) in [4.78, 5) is 28.9. The molecule has 0 bridgehead atoms. The molecule has 0 saturated heterocycles. The molecule has 0 saturated carbocycles. The van der Waals surface area contributed by atoms with Gasteiger partial charge in [-0.1, -0.05) is 6.07 Å². The average Bonchev–Trinajstić information content (AvgIpc) is 2.54. The molecule has 0 radical (unpaired) electrons. The van der Waals surface area contributed by atoms with E-state index in [4.69, 9.17) is 4.74 Å². The molecule has 5 nitrogen and oxygen atoms in total. The lowest BCUT2D eigenvalue weighted by molar-refractivity contribution is -0.136. The van der Waals surface area contributed by atoms with E-state index in [-0.39, 0.29) is 5.78 Å². The molecule has 2 heterocycles. The van der Waals surface area contributed by atoms with Gasteiger partial charge < -0.3 is 10.1 Å². The summed E-state index contributed by atoms with van der Waals surface area (Å²) in [7, 11) is 1.36. The van der Waals surface area contributed by atoms with Crippen molar-refractivity contribution in [2.75, 3.05) is 7.11 Å². The van der Waals surface area contributed by atoms with Crippen molar-refractivity contribution in [3.8, 4) is 0 Å². The zero-order valence-corrected chi connectivity index (χ0v) is 12.7. The number of hydrogen-bond donors (Lipinski definition) is 1. The van der Waals surface area contributed by atoms with Crippen LogP contribution in [0.3, 0.4) is 0 Å². The number of dihydropyridines is 1. The molecule has 1 aliphatic carbocycles. The van der Waals surface area contributed by atoms with Gasteiger partial charge in [0.25, 0.3) is 0 Å². The van der Waals surface area contributed by atoms with Crippen LogP contribution in [0.1, 0.15) is 37.7 Å². The fraction of sp³-hybridized carbons (Fsp3) is 0.353. The Kier molecular flexibility index (Phi) is 3.79. The molecule has 0 amide bonds. The number of carbonyl (C=O) groups is 2. The molecule has 114 valence electrons. The van der Waals surface area contributed by atoms with Gasteiger partial charge in [-0.25, -0.2) is 4.79 Å².